The molecule has 20 heavy (non-hydrogen) atoms. The lowest BCUT2D eigenvalue weighted by Gasteiger charge is -2.01. The molecular weight excluding hydrogens is 369 g/mol. The van der Waals surface area contributed by atoms with E-state index >= 15 is 0 Å². The fourth-order valence-corrected chi connectivity index (χ4v) is 2.80. The molecule has 0 aliphatic rings. The topological polar surface area (TPSA) is 44.5 Å². The van der Waals surface area contributed by atoms with Crippen molar-refractivity contribution in [3.8, 4) is 22.8 Å². The molecule has 3 rings (SSSR count). The van der Waals surface area contributed by atoms with Crippen molar-refractivity contribution in [2.45, 2.75) is 0 Å². The first kappa shape index (κ1) is 13.2. The van der Waals surface area contributed by atoms with Crippen LogP contribution in [0.5, 0.6) is 11.5 Å². The Balaban J connectivity index is 2.12. The molecule has 102 valence electrons. The first-order valence-corrected chi connectivity index (χ1v) is 7.07. The molecule has 0 saturated heterocycles. The van der Waals surface area contributed by atoms with Crippen LogP contribution in [0, 0.1) is 3.57 Å². The fourth-order valence-electron chi connectivity index (χ4n) is 1.97. The Labute approximate surface area is 129 Å². The third kappa shape index (κ3) is 2.22. The van der Waals surface area contributed by atoms with Gasteiger partial charge in [0, 0.05) is 11.6 Å². The molecule has 4 nitrogen and oxygen atoms in total. The third-order valence-corrected chi connectivity index (χ3v) is 4.04. The lowest BCUT2D eigenvalue weighted by Crippen LogP contribution is -1.84. The number of rotatable bonds is 3. The highest BCUT2D eigenvalue weighted by Crippen LogP contribution is 2.35. The Morgan fingerprint density at radius 1 is 1.05 bits per heavy atom. The van der Waals surface area contributed by atoms with Crippen molar-refractivity contribution in [1.82, 2.24) is 4.98 Å². The highest BCUT2D eigenvalue weighted by molar-refractivity contribution is 14.1. The zero-order chi connectivity index (χ0) is 14.1. The second-order valence-corrected chi connectivity index (χ2v) is 5.27. The summed E-state index contributed by atoms with van der Waals surface area (Å²) in [7, 11) is 3.26. The lowest BCUT2D eigenvalue weighted by atomic mass is 10.1. The number of aromatic nitrogens is 1. The van der Waals surface area contributed by atoms with E-state index in [1.54, 1.807) is 20.4 Å². The first-order chi connectivity index (χ1) is 9.72. The summed E-state index contributed by atoms with van der Waals surface area (Å²) in [6.07, 6.45) is 1.69. The predicted octanol–water partition coefficient (Wildman–Crippen LogP) is 4.12. The average molecular weight is 381 g/mol. The van der Waals surface area contributed by atoms with Crippen LogP contribution in [-0.4, -0.2) is 19.2 Å². The van der Waals surface area contributed by atoms with Gasteiger partial charge in [0.1, 0.15) is 22.8 Å². The van der Waals surface area contributed by atoms with E-state index in [-0.39, 0.29) is 0 Å². The minimum Gasteiger partial charge on any atom is -0.497 e. The van der Waals surface area contributed by atoms with E-state index in [2.05, 4.69) is 27.6 Å². The second kappa shape index (κ2) is 5.32. The summed E-state index contributed by atoms with van der Waals surface area (Å²) in [6, 6.07) is 9.60. The summed E-state index contributed by atoms with van der Waals surface area (Å²) in [5, 5.41) is 0. The number of hydrogen-bond donors (Lipinski definition) is 0. The van der Waals surface area contributed by atoms with Crippen molar-refractivity contribution in [3.05, 3.63) is 40.1 Å². The average Bonchev–Trinajstić information content (AvgIpc) is 2.84. The van der Waals surface area contributed by atoms with Gasteiger partial charge in [-0.05, 0) is 46.9 Å². The number of methoxy groups -OCH3 is 2. The Morgan fingerprint density at radius 3 is 2.40 bits per heavy atom. The van der Waals surface area contributed by atoms with Gasteiger partial charge in [-0.15, -0.1) is 0 Å². The summed E-state index contributed by atoms with van der Waals surface area (Å²) < 4.78 is 17.2. The van der Waals surface area contributed by atoms with Gasteiger partial charge in [0.2, 0.25) is 0 Å². The quantitative estimate of drug-likeness (QED) is 0.641. The Morgan fingerprint density at radius 2 is 1.75 bits per heavy atom. The van der Waals surface area contributed by atoms with Crippen LogP contribution in [0.1, 0.15) is 0 Å². The molecule has 0 aliphatic heterocycles. The van der Waals surface area contributed by atoms with Gasteiger partial charge in [-0.25, -0.2) is 4.98 Å². The number of pyridine rings is 1. The fraction of sp³-hybridized carbons (Fsp3) is 0.133. The minimum atomic E-state index is 0.684. The van der Waals surface area contributed by atoms with E-state index in [1.807, 2.05) is 30.3 Å². The maximum atomic E-state index is 5.91. The monoisotopic (exact) mass is 381 g/mol. The number of benzene rings is 1. The van der Waals surface area contributed by atoms with E-state index in [1.165, 1.54) is 0 Å². The summed E-state index contributed by atoms with van der Waals surface area (Å²) in [4.78, 5) is 4.38. The van der Waals surface area contributed by atoms with Gasteiger partial charge in [-0.2, -0.15) is 0 Å². The molecule has 1 aromatic carbocycles. The van der Waals surface area contributed by atoms with Gasteiger partial charge in [0.25, 0.3) is 0 Å². The van der Waals surface area contributed by atoms with Gasteiger partial charge in [-0.1, -0.05) is 0 Å². The zero-order valence-corrected chi connectivity index (χ0v) is 13.2. The minimum absolute atomic E-state index is 0.684. The maximum Gasteiger partial charge on any atom is 0.158 e. The highest BCUT2D eigenvalue weighted by Gasteiger charge is 2.15. The van der Waals surface area contributed by atoms with E-state index in [0.29, 0.717) is 5.75 Å². The molecule has 2 aromatic heterocycles. The SMILES string of the molecule is COc1ccc(-c2oc3cc(OC)cnc3c2I)cc1. The Bertz CT molecular complexity index is 750. The smallest absolute Gasteiger partial charge is 0.158 e. The molecule has 0 saturated carbocycles. The normalized spacial score (nSPS) is 10.8. The molecule has 5 heteroatoms. The van der Waals surface area contributed by atoms with Crippen molar-refractivity contribution < 1.29 is 13.9 Å². The zero-order valence-electron chi connectivity index (χ0n) is 11.0. The van der Waals surface area contributed by atoms with Crippen LogP contribution in [0.15, 0.2) is 40.9 Å². The molecule has 0 bridgehead atoms. The van der Waals surface area contributed by atoms with Crippen molar-refractivity contribution in [1.29, 1.82) is 0 Å². The predicted molar refractivity (Wildman–Crippen MR) is 85.3 cm³/mol. The van der Waals surface area contributed by atoms with Crippen molar-refractivity contribution in [3.63, 3.8) is 0 Å². The number of halogens is 1. The van der Waals surface area contributed by atoms with Gasteiger partial charge in [-0.3, -0.25) is 0 Å². The number of furan rings is 1. The molecule has 0 amide bonds. The van der Waals surface area contributed by atoms with Crippen LogP contribution < -0.4 is 9.47 Å². The Kier molecular flexibility index (Phi) is 3.52. The molecule has 0 spiro atoms. The summed E-state index contributed by atoms with van der Waals surface area (Å²) >= 11 is 2.25. The number of nitrogens with zero attached hydrogens (tertiary/aromatic N) is 1. The third-order valence-electron chi connectivity index (χ3n) is 3.03. The van der Waals surface area contributed by atoms with E-state index < -0.39 is 0 Å². The lowest BCUT2D eigenvalue weighted by molar-refractivity contribution is 0.413. The van der Waals surface area contributed by atoms with Gasteiger partial charge in [0.15, 0.2) is 5.58 Å². The van der Waals surface area contributed by atoms with Gasteiger partial charge >= 0.3 is 0 Å². The van der Waals surface area contributed by atoms with Crippen LogP contribution in [0.4, 0.5) is 0 Å². The van der Waals surface area contributed by atoms with Crippen LogP contribution in [0.25, 0.3) is 22.4 Å². The van der Waals surface area contributed by atoms with E-state index in [9.17, 15) is 0 Å². The van der Waals surface area contributed by atoms with Crippen LogP contribution in [0.3, 0.4) is 0 Å². The van der Waals surface area contributed by atoms with Crippen molar-refractivity contribution in [2.75, 3.05) is 14.2 Å². The standard InChI is InChI=1S/C15H12INO3/c1-18-10-5-3-9(4-6-10)15-13(16)14-12(20-15)7-11(19-2)8-17-14/h3-8H,1-2H3. The first-order valence-electron chi connectivity index (χ1n) is 5.99. The summed E-state index contributed by atoms with van der Waals surface area (Å²) in [5.41, 5.74) is 2.56. The van der Waals surface area contributed by atoms with Gasteiger partial charge < -0.3 is 13.9 Å². The second-order valence-electron chi connectivity index (χ2n) is 4.20. The largest absolute Gasteiger partial charge is 0.497 e. The number of fused-ring (bicyclic) bond motifs is 1. The molecule has 0 atom stereocenters. The molecular formula is C15H12INO3. The number of hydrogen-bond acceptors (Lipinski definition) is 4. The molecule has 0 fully saturated rings. The molecule has 2 heterocycles. The van der Waals surface area contributed by atoms with Crippen LogP contribution >= 0.6 is 22.6 Å². The summed E-state index contributed by atoms with van der Waals surface area (Å²) in [6.45, 7) is 0. The van der Waals surface area contributed by atoms with E-state index in [4.69, 9.17) is 13.9 Å². The summed E-state index contributed by atoms with van der Waals surface area (Å²) in [5.74, 6) is 2.31. The maximum absolute atomic E-state index is 5.91. The van der Waals surface area contributed by atoms with Gasteiger partial charge in [0.05, 0.1) is 24.0 Å². The molecule has 3 aromatic rings. The number of ether oxygens (including phenoxy) is 2. The molecule has 0 aliphatic carbocycles. The van der Waals surface area contributed by atoms with Crippen molar-refractivity contribution >= 4 is 33.7 Å². The van der Waals surface area contributed by atoms with Crippen molar-refractivity contribution in [2.24, 2.45) is 0 Å². The van der Waals surface area contributed by atoms with Crippen LogP contribution in [0.2, 0.25) is 0 Å². The molecule has 0 unspecified atom stereocenters. The highest BCUT2D eigenvalue weighted by atomic mass is 127. The molecule has 0 radical (unpaired) electrons. The Hall–Kier alpha value is -1.76. The van der Waals surface area contributed by atoms with Crippen LogP contribution in [-0.2, 0) is 0 Å². The molecule has 0 N–H and O–H groups in total. The van der Waals surface area contributed by atoms with E-state index in [0.717, 1.165) is 31.7 Å².